The molecular weight excluding hydrogens is 861 g/mol. The Balaban J connectivity index is 0.782. The highest BCUT2D eigenvalue weighted by molar-refractivity contribution is 7.85. The molecule has 0 aliphatic heterocycles. The van der Waals surface area contributed by atoms with Crippen LogP contribution in [0.5, 0.6) is 0 Å². The molecule has 0 heterocycles. The van der Waals surface area contributed by atoms with Crippen molar-refractivity contribution >= 4 is 27.9 Å². The molecule has 0 radical (unpaired) electrons. The van der Waals surface area contributed by atoms with Gasteiger partial charge >= 0.3 is 5.97 Å². The van der Waals surface area contributed by atoms with Gasteiger partial charge in [0.05, 0.1) is 30.2 Å². The fraction of sp³-hybridized carbons (Fsp3) is 0.942. The quantitative estimate of drug-likeness (QED) is 0.0742. The van der Waals surface area contributed by atoms with Crippen LogP contribution in [0, 0.1) is 92.7 Å². The first-order chi connectivity index (χ1) is 31.0. The third kappa shape index (κ3) is 9.30. The summed E-state index contributed by atoms with van der Waals surface area (Å²) in [5, 5.41) is 51.4. The Morgan fingerprint density at radius 1 is 0.636 bits per heavy atom. The first kappa shape index (κ1) is 50.5. The van der Waals surface area contributed by atoms with Crippen LogP contribution in [0.1, 0.15) is 164 Å². The van der Waals surface area contributed by atoms with Crippen LogP contribution in [-0.2, 0) is 29.2 Å². The van der Waals surface area contributed by atoms with Crippen LogP contribution >= 0.6 is 0 Å². The summed E-state index contributed by atoms with van der Waals surface area (Å²) in [5.74, 6) is 2.04. The standard InChI is InChI=1S/C52H86N2O11S/c1-29(7-13-44(59)53-21-22-66(62,63)64)35-9-11-37-47-38(17-20-51(35,37)5)49(3)19-16-34(24-32(49)26-41(47)56)65-46(61)28-54-45(60)14-8-30(2)36-10-12-39-48-40(27-43(58)52(36,39)6)50(4)18-15-33(55)23-31(50)25-42(48)57/h29-43,47-48,55-58H,7-28H2,1-6H3,(H,53,59)(H,54,60)(H,62,63,64)/t29-,30-,31?,32?,33-,34-,35-,36-,37+,38+,39?,40?,41-,42-,43+,47+,48?,49+,50+,51-,52-/m1/s1. The van der Waals surface area contributed by atoms with E-state index >= 15 is 0 Å². The lowest BCUT2D eigenvalue weighted by molar-refractivity contribution is -0.207. The van der Waals surface area contributed by atoms with E-state index in [1.807, 2.05) is 0 Å². The van der Waals surface area contributed by atoms with Crippen molar-refractivity contribution in [1.82, 2.24) is 10.6 Å². The first-order valence-corrected chi connectivity index (χ1v) is 28.0. The minimum atomic E-state index is -4.12. The number of carbonyl (C=O) groups excluding carboxylic acids is 3. The number of fused-ring (bicyclic) bond motifs is 10. The summed E-state index contributed by atoms with van der Waals surface area (Å²) < 4.78 is 37.1. The van der Waals surface area contributed by atoms with Gasteiger partial charge in [0, 0.05) is 19.4 Å². The van der Waals surface area contributed by atoms with Crippen molar-refractivity contribution in [3.8, 4) is 0 Å². The molecule has 0 bridgehead atoms. The average molecular weight is 947 g/mol. The van der Waals surface area contributed by atoms with Crippen molar-refractivity contribution in [3.05, 3.63) is 0 Å². The lowest BCUT2D eigenvalue weighted by atomic mass is 9.43. The van der Waals surface area contributed by atoms with E-state index in [0.29, 0.717) is 62.2 Å². The van der Waals surface area contributed by atoms with E-state index < -0.39 is 40.2 Å². The molecule has 2 amide bonds. The molecule has 5 unspecified atom stereocenters. The van der Waals surface area contributed by atoms with Gasteiger partial charge in [-0.3, -0.25) is 18.9 Å². The molecule has 21 atom stereocenters. The second-order valence-corrected chi connectivity index (χ2v) is 26.5. The molecule has 0 spiro atoms. The third-order valence-corrected chi connectivity index (χ3v) is 22.7. The molecule has 7 N–H and O–H groups in total. The molecule has 0 saturated heterocycles. The molecule has 376 valence electrons. The molecule has 8 fully saturated rings. The molecule has 0 aromatic rings. The molecule has 14 heteroatoms. The second kappa shape index (κ2) is 19.1. The second-order valence-electron chi connectivity index (χ2n) is 24.9. The topological polar surface area (TPSA) is 220 Å². The monoisotopic (exact) mass is 947 g/mol. The Hall–Kier alpha value is -1.84. The Bertz CT molecular complexity index is 1900. The maximum absolute atomic E-state index is 13.2. The maximum atomic E-state index is 13.2. The van der Waals surface area contributed by atoms with E-state index in [1.54, 1.807) is 0 Å². The van der Waals surface area contributed by atoms with Gasteiger partial charge in [0.1, 0.15) is 12.6 Å². The van der Waals surface area contributed by atoms with Gasteiger partial charge in [0.15, 0.2) is 0 Å². The highest BCUT2D eigenvalue weighted by Gasteiger charge is 2.66. The van der Waals surface area contributed by atoms with E-state index in [2.05, 4.69) is 52.2 Å². The number of hydrogen-bond acceptors (Lipinski definition) is 10. The lowest BCUT2D eigenvalue weighted by Gasteiger charge is -2.63. The van der Waals surface area contributed by atoms with E-state index in [0.717, 1.165) is 83.5 Å². The van der Waals surface area contributed by atoms with Gasteiger partial charge in [-0.1, -0.05) is 41.5 Å². The molecule has 0 aromatic carbocycles. The Morgan fingerprint density at radius 3 is 1.86 bits per heavy atom. The third-order valence-electron chi connectivity index (χ3n) is 22.0. The highest BCUT2D eigenvalue weighted by atomic mass is 32.2. The number of esters is 1. The summed E-state index contributed by atoms with van der Waals surface area (Å²) in [6.07, 6.45) is 13.4. The number of ether oxygens (including phenoxy) is 1. The van der Waals surface area contributed by atoms with Gasteiger partial charge < -0.3 is 35.8 Å². The van der Waals surface area contributed by atoms with E-state index in [1.165, 1.54) is 0 Å². The van der Waals surface area contributed by atoms with Crippen molar-refractivity contribution < 1.29 is 52.5 Å². The molecule has 0 aromatic heterocycles. The van der Waals surface area contributed by atoms with Crippen molar-refractivity contribution in [3.63, 3.8) is 0 Å². The predicted molar refractivity (Wildman–Crippen MR) is 250 cm³/mol. The number of amides is 2. The number of hydrogen-bond donors (Lipinski definition) is 7. The van der Waals surface area contributed by atoms with Crippen LogP contribution < -0.4 is 10.6 Å². The van der Waals surface area contributed by atoms with Crippen LogP contribution in [0.3, 0.4) is 0 Å². The number of carbonyl (C=O) groups is 3. The van der Waals surface area contributed by atoms with Crippen LogP contribution in [0.25, 0.3) is 0 Å². The number of rotatable bonds is 14. The Kier molecular flexibility index (Phi) is 14.6. The van der Waals surface area contributed by atoms with Crippen LogP contribution in [0.2, 0.25) is 0 Å². The lowest BCUT2D eigenvalue weighted by Crippen LogP contribution is -2.62. The number of aliphatic hydroxyl groups is 4. The Labute approximate surface area is 395 Å². The minimum absolute atomic E-state index is 0.0291. The minimum Gasteiger partial charge on any atom is -0.461 e. The van der Waals surface area contributed by atoms with Crippen molar-refractivity contribution in [2.45, 2.75) is 194 Å². The van der Waals surface area contributed by atoms with Crippen LogP contribution in [0.15, 0.2) is 0 Å². The predicted octanol–water partition coefficient (Wildman–Crippen LogP) is 6.44. The smallest absolute Gasteiger partial charge is 0.325 e. The summed E-state index contributed by atoms with van der Waals surface area (Å²) in [4.78, 5) is 38.9. The molecule has 13 nitrogen and oxygen atoms in total. The summed E-state index contributed by atoms with van der Waals surface area (Å²) in [6.45, 7) is 13.6. The van der Waals surface area contributed by atoms with Crippen molar-refractivity contribution in [1.29, 1.82) is 0 Å². The van der Waals surface area contributed by atoms with Crippen molar-refractivity contribution in [2.24, 2.45) is 92.7 Å². The zero-order valence-corrected chi connectivity index (χ0v) is 41.8. The molecule has 8 aliphatic rings. The first-order valence-electron chi connectivity index (χ1n) is 26.4. The highest BCUT2D eigenvalue weighted by Crippen LogP contribution is 2.70. The van der Waals surface area contributed by atoms with E-state index in [9.17, 15) is 43.2 Å². The largest absolute Gasteiger partial charge is 0.461 e. The van der Waals surface area contributed by atoms with Gasteiger partial charge in [-0.25, -0.2) is 0 Å². The summed E-state index contributed by atoms with van der Waals surface area (Å²) in [7, 11) is -4.12. The van der Waals surface area contributed by atoms with Gasteiger partial charge in [-0.05, 0) is 202 Å². The molecular formula is C52H86N2O11S. The fourth-order valence-electron chi connectivity index (χ4n) is 18.4. The van der Waals surface area contributed by atoms with Gasteiger partial charge in [0.2, 0.25) is 11.8 Å². The summed E-state index contributed by atoms with van der Waals surface area (Å²) in [6, 6.07) is 0. The van der Waals surface area contributed by atoms with Gasteiger partial charge in [-0.2, -0.15) is 8.42 Å². The van der Waals surface area contributed by atoms with Gasteiger partial charge in [-0.15, -0.1) is 0 Å². The zero-order valence-electron chi connectivity index (χ0n) is 41.0. The zero-order chi connectivity index (χ0) is 47.7. The SMILES string of the molecule is C[C@H](CCC(=O)NCCS(=O)(=O)O)[C@H]1CC[C@H]2[C@@H]3[C@H](O)CC4C[C@H](OC(=O)CNC(=O)CC[C@@H](C)[C@H]5CCC6C7C(C[C@H](O)[C@@]65C)[C@@]5(C)CC[C@@H](O)CC5C[C@H]7O)CC[C@]4(C)[C@H]3CC[C@]12C. The van der Waals surface area contributed by atoms with Gasteiger partial charge in [0.25, 0.3) is 10.1 Å². The maximum Gasteiger partial charge on any atom is 0.325 e. The van der Waals surface area contributed by atoms with Crippen molar-refractivity contribution in [2.75, 3.05) is 18.8 Å². The molecule has 8 saturated carbocycles. The molecule has 8 rings (SSSR count). The van der Waals surface area contributed by atoms with Crippen LogP contribution in [0.4, 0.5) is 0 Å². The molecule has 8 aliphatic carbocycles. The fourth-order valence-corrected chi connectivity index (χ4v) is 18.8. The number of aliphatic hydroxyl groups excluding tert-OH is 4. The average Bonchev–Trinajstić information content (AvgIpc) is 3.80. The van der Waals surface area contributed by atoms with Crippen LogP contribution in [-0.4, -0.2) is 101 Å². The summed E-state index contributed by atoms with van der Waals surface area (Å²) >= 11 is 0. The molecule has 66 heavy (non-hydrogen) atoms. The summed E-state index contributed by atoms with van der Waals surface area (Å²) in [5.41, 5.74) is -0.178. The Morgan fingerprint density at radius 2 is 1.18 bits per heavy atom. The normalized spacial score (nSPS) is 47.1. The number of nitrogens with one attached hydrogen (secondary N) is 2. The van der Waals surface area contributed by atoms with E-state index in [4.69, 9.17) is 9.29 Å². The van der Waals surface area contributed by atoms with E-state index in [-0.39, 0.29) is 106 Å².